The van der Waals surface area contributed by atoms with Gasteiger partial charge in [-0.25, -0.2) is 4.68 Å². The summed E-state index contributed by atoms with van der Waals surface area (Å²) in [4.78, 5) is 25.2. The van der Waals surface area contributed by atoms with E-state index in [-0.39, 0.29) is 30.3 Å². The number of rotatable bonds is 7. The van der Waals surface area contributed by atoms with Crippen LogP contribution in [0.3, 0.4) is 0 Å². The van der Waals surface area contributed by atoms with Crippen LogP contribution >= 0.6 is 15.9 Å². The highest BCUT2D eigenvalue weighted by molar-refractivity contribution is 9.10. The molecule has 0 unspecified atom stereocenters. The Hall–Kier alpha value is -2.55. The lowest BCUT2D eigenvalue weighted by atomic mass is 9.45. The Morgan fingerprint density at radius 2 is 2.12 bits per heavy atom. The zero-order valence-electron chi connectivity index (χ0n) is 19.4. The number of phenolic OH excluding ortho intramolecular Hbond substituents is 1. The molecule has 178 valence electrons. The van der Waals surface area contributed by atoms with E-state index < -0.39 is 0 Å². The lowest BCUT2D eigenvalue weighted by Crippen LogP contribution is -2.58. The number of halogens is 1. The third-order valence-electron chi connectivity index (χ3n) is 7.71. The average Bonchev–Trinajstić information content (AvgIpc) is 2.79. The van der Waals surface area contributed by atoms with E-state index in [1.54, 1.807) is 18.3 Å². The number of methoxy groups -OCH3 is 1. The molecule has 3 saturated carbocycles. The van der Waals surface area contributed by atoms with Gasteiger partial charge < -0.3 is 20.5 Å². The first kappa shape index (κ1) is 23.6. The molecule has 9 heteroatoms. The third-order valence-corrected chi connectivity index (χ3v) is 8.47. The van der Waals surface area contributed by atoms with Crippen molar-refractivity contribution in [1.29, 1.82) is 0 Å². The van der Waals surface area contributed by atoms with Crippen molar-refractivity contribution in [2.45, 2.75) is 52.7 Å². The van der Waals surface area contributed by atoms with E-state index in [9.17, 15) is 14.7 Å². The molecule has 1 aromatic carbocycles. The van der Waals surface area contributed by atoms with Crippen LogP contribution < -0.4 is 20.9 Å². The number of ether oxygens (including phenoxy) is 1. The minimum absolute atomic E-state index is 0.0326. The summed E-state index contributed by atoms with van der Waals surface area (Å²) in [5, 5.41) is 20.2. The van der Waals surface area contributed by atoms with Crippen molar-refractivity contribution >= 4 is 27.5 Å². The van der Waals surface area contributed by atoms with Crippen molar-refractivity contribution in [3.8, 4) is 11.5 Å². The molecule has 0 aliphatic heterocycles. The average molecular weight is 519 g/mol. The van der Waals surface area contributed by atoms with Gasteiger partial charge in [0, 0.05) is 12.6 Å². The van der Waals surface area contributed by atoms with E-state index in [0.717, 1.165) is 16.7 Å². The molecule has 8 nitrogen and oxygen atoms in total. The molecule has 3 aliphatic carbocycles. The molecule has 1 amide bonds. The lowest BCUT2D eigenvalue weighted by Gasteiger charge is -2.62. The number of phenols is 1. The quantitative estimate of drug-likeness (QED) is 0.517. The summed E-state index contributed by atoms with van der Waals surface area (Å²) < 4.78 is 6.61. The summed E-state index contributed by atoms with van der Waals surface area (Å²) >= 11 is 3.41. The number of amides is 1. The van der Waals surface area contributed by atoms with E-state index in [4.69, 9.17) is 4.74 Å². The van der Waals surface area contributed by atoms with Gasteiger partial charge in [0.25, 0.3) is 5.56 Å². The predicted octanol–water partition coefficient (Wildman–Crippen LogP) is 3.52. The zero-order chi connectivity index (χ0) is 23.9. The molecule has 5 rings (SSSR count). The summed E-state index contributed by atoms with van der Waals surface area (Å²) in [6, 6.07) is 5.15. The molecule has 3 fully saturated rings. The van der Waals surface area contributed by atoms with Crippen molar-refractivity contribution in [1.82, 2.24) is 15.1 Å². The molecule has 3 N–H and O–H groups in total. The minimum atomic E-state index is -0.351. The lowest BCUT2D eigenvalue weighted by molar-refractivity contribution is -0.122. The maximum atomic E-state index is 12.8. The number of carbonyl (C=O) groups excluding carboxylic acids is 1. The number of nitrogens with one attached hydrogen (secondary N) is 2. The zero-order valence-corrected chi connectivity index (χ0v) is 21.0. The second kappa shape index (κ2) is 9.00. The van der Waals surface area contributed by atoms with Crippen LogP contribution in [0.1, 0.15) is 39.2 Å². The summed E-state index contributed by atoms with van der Waals surface area (Å²) in [6.45, 7) is 7.06. The fraction of sp³-hybridized carbons (Fsp3) is 0.542. The van der Waals surface area contributed by atoms with Crippen molar-refractivity contribution in [3.63, 3.8) is 0 Å². The van der Waals surface area contributed by atoms with E-state index in [1.807, 2.05) is 0 Å². The summed E-state index contributed by atoms with van der Waals surface area (Å²) in [6.07, 6.45) is 3.99. The summed E-state index contributed by atoms with van der Waals surface area (Å²) in [5.74, 6) is 1.94. The number of nitrogens with zero attached hydrogens (tertiary/aromatic N) is 2. The molecule has 4 atom stereocenters. The smallest absolute Gasteiger partial charge is 0.283 e. The Balaban J connectivity index is 1.37. The van der Waals surface area contributed by atoms with Gasteiger partial charge in [0.1, 0.15) is 11.0 Å². The van der Waals surface area contributed by atoms with Crippen LogP contribution in [0.2, 0.25) is 0 Å². The highest BCUT2D eigenvalue weighted by Gasteiger charge is 2.56. The van der Waals surface area contributed by atoms with Crippen LogP contribution in [-0.4, -0.2) is 33.9 Å². The van der Waals surface area contributed by atoms with Gasteiger partial charge in [0.15, 0.2) is 11.5 Å². The number of aromatic hydroxyl groups is 1. The third kappa shape index (κ3) is 4.47. The molecule has 0 saturated heterocycles. The molecular formula is C24H31BrN4O4. The van der Waals surface area contributed by atoms with Gasteiger partial charge in [-0.05, 0) is 69.6 Å². The Morgan fingerprint density at radius 1 is 1.36 bits per heavy atom. The number of hydrogen-bond donors (Lipinski definition) is 3. The standard InChI is InChI=1S/C24H31BrN4O4/c1-13-16-8-15(24(16,2)3)9-17(13)28-18-11-27-29(23(32)22(18)25)12-21(31)26-10-14-5-6-19(30)20(7-14)33-4/h5-7,11,13,15-17,28,30H,8-10,12H2,1-4H3,(H,26,31)/t13-,15-,16+,17-/m1/s1. The highest BCUT2D eigenvalue weighted by Crippen LogP contribution is 2.61. The molecule has 3 aliphatic rings. The van der Waals surface area contributed by atoms with Gasteiger partial charge in [0.05, 0.1) is 19.0 Å². The number of anilines is 1. The van der Waals surface area contributed by atoms with Gasteiger partial charge in [0.2, 0.25) is 5.91 Å². The largest absolute Gasteiger partial charge is 0.504 e. The molecule has 1 heterocycles. The topological polar surface area (TPSA) is 105 Å². The maximum absolute atomic E-state index is 12.8. The second-order valence-corrected chi connectivity index (χ2v) is 10.6. The molecule has 1 aromatic heterocycles. The van der Waals surface area contributed by atoms with E-state index in [1.165, 1.54) is 19.6 Å². The van der Waals surface area contributed by atoms with Crippen molar-refractivity contribution < 1.29 is 14.6 Å². The van der Waals surface area contributed by atoms with Crippen LogP contribution in [-0.2, 0) is 17.9 Å². The SMILES string of the molecule is COc1cc(CNC(=O)Cn2ncc(N[C@@H]3C[C@H]4C[C@@H]([C@H]3C)C4(C)C)c(Br)c2=O)ccc1O. The molecule has 2 aromatic rings. The molecule has 0 radical (unpaired) electrons. The van der Waals surface area contributed by atoms with Crippen molar-refractivity contribution in [2.75, 3.05) is 12.4 Å². The number of benzene rings is 1. The van der Waals surface area contributed by atoms with E-state index >= 15 is 0 Å². The first-order chi connectivity index (χ1) is 15.6. The molecule has 2 bridgehead atoms. The maximum Gasteiger partial charge on any atom is 0.283 e. The number of hydrogen-bond acceptors (Lipinski definition) is 6. The Labute approximate surface area is 201 Å². The first-order valence-corrected chi connectivity index (χ1v) is 12.1. The Bertz CT molecular complexity index is 1120. The second-order valence-electron chi connectivity index (χ2n) is 9.82. The van der Waals surface area contributed by atoms with Crippen LogP contribution in [0.15, 0.2) is 33.7 Å². The Morgan fingerprint density at radius 3 is 2.79 bits per heavy atom. The van der Waals surface area contributed by atoms with Gasteiger partial charge in [-0.15, -0.1) is 0 Å². The highest BCUT2D eigenvalue weighted by atomic mass is 79.9. The van der Waals surface area contributed by atoms with Crippen LogP contribution in [0.4, 0.5) is 5.69 Å². The molecular weight excluding hydrogens is 488 g/mol. The normalized spacial score (nSPS) is 25.1. The summed E-state index contributed by atoms with van der Waals surface area (Å²) in [7, 11) is 1.46. The fourth-order valence-corrected chi connectivity index (χ4v) is 5.86. The van der Waals surface area contributed by atoms with Crippen LogP contribution in [0, 0.1) is 23.2 Å². The number of fused-ring (bicyclic) bond motifs is 2. The van der Waals surface area contributed by atoms with Crippen molar-refractivity contribution in [2.24, 2.45) is 23.2 Å². The molecule has 33 heavy (non-hydrogen) atoms. The number of aromatic nitrogens is 2. The molecule has 0 spiro atoms. The van der Waals surface area contributed by atoms with Gasteiger partial charge in [-0.2, -0.15) is 5.10 Å². The van der Waals surface area contributed by atoms with E-state index in [2.05, 4.69) is 52.4 Å². The van der Waals surface area contributed by atoms with Gasteiger partial charge in [-0.3, -0.25) is 9.59 Å². The number of carbonyl (C=O) groups is 1. The summed E-state index contributed by atoms with van der Waals surface area (Å²) in [5.41, 5.74) is 1.48. The van der Waals surface area contributed by atoms with Gasteiger partial charge in [-0.1, -0.05) is 26.8 Å². The van der Waals surface area contributed by atoms with Crippen LogP contribution in [0.25, 0.3) is 0 Å². The minimum Gasteiger partial charge on any atom is -0.504 e. The predicted molar refractivity (Wildman–Crippen MR) is 129 cm³/mol. The van der Waals surface area contributed by atoms with Gasteiger partial charge >= 0.3 is 0 Å². The fourth-order valence-electron chi connectivity index (χ4n) is 5.44. The van der Waals surface area contributed by atoms with E-state index in [0.29, 0.717) is 45.1 Å². The monoisotopic (exact) mass is 518 g/mol. The van der Waals surface area contributed by atoms with Crippen LogP contribution in [0.5, 0.6) is 11.5 Å². The first-order valence-electron chi connectivity index (χ1n) is 11.3. The van der Waals surface area contributed by atoms with Crippen molar-refractivity contribution in [3.05, 3.63) is 44.8 Å². The Kier molecular flexibility index (Phi) is 6.44.